The highest BCUT2D eigenvalue weighted by Gasteiger charge is 2.26. The van der Waals surface area contributed by atoms with Gasteiger partial charge >= 0.3 is 0 Å². The van der Waals surface area contributed by atoms with Gasteiger partial charge in [0.15, 0.2) is 10.9 Å². The van der Waals surface area contributed by atoms with Crippen molar-refractivity contribution in [1.82, 2.24) is 18.5 Å². The summed E-state index contributed by atoms with van der Waals surface area (Å²) in [6.07, 6.45) is 0. The fraction of sp³-hybridized carbons (Fsp3) is 0.462. The summed E-state index contributed by atoms with van der Waals surface area (Å²) >= 11 is 1.63. The van der Waals surface area contributed by atoms with Gasteiger partial charge in [-0.05, 0) is 66.5 Å². The molecule has 0 saturated carbocycles. The number of rotatable bonds is 0. The second-order valence-electron chi connectivity index (χ2n) is 9.16. The van der Waals surface area contributed by atoms with E-state index in [-0.39, 0.29) is 10.9 Å². The van der Waals surface area contributed by atoms with Crippen LogP contribution in [0.5, 0.6) is 5.88 Å². The Hall–Kier alpha value is -2.87. The number of hydroxylamine groups is 2. The largest absolute Gasteiger partial charge is 0.361 e. The summed E-state index contributed by atoms with van der Waals surface area (Å²) < 4.78 is 6.16. The van der Waals surface area contributed by atoms with Crippen molar-refractivity contribution in [2.45, 2.75) is 60.4 Å². The van der Waals surface area contributed by atoms with Crippen LogP contribution >= 0.6 is 11.9 Å². The topological polar surface area (TPSA) is 59.7 Å². The monoisotopic (exact) mass is 484 g/mol. The maximum atomic E-state index is 12.4. The maximum Gasteiger partial charge on any atom is 0.238 e. The van der Waals surface area contributed by atoms with E-state index in [1.54, 1.807) is 17.0 Å². The van der Waals surface area contributed by atoms with Crippen LogP contribution in [0.2, 0.25) is 0 Å². The predicted molar refractivity (Wildman–Crippen MR) is 141 cm³/mol. The summed E-state index contributed by atoms with van der Waals surface area (Å²) in [6, 6.07) is 0. The lowest BCUT2D eigenvalue weighted by Crippen LogP contribution is -2.32. The molecule has 0 aliphatic carbocycles. The molecule has 2 aliphatic rings. The number of fused-ring (bicyclic) bond motifs is 2. The van der Waals surface area contributed by atoms with Crippen LogP contribution in [0.25, 0.3) is 11.1 Å². The van der Waals surface area contributed by atoms with Crippen molar-refractivity contribution >= 4 is 23.1 Å². The summed E-state index contributed by atoms with van der Waals surface area (Å²) in [5.41, 5.74) is 9.62. The van der Waals surface area contributed by atoms with E-state index in [1.807, 2.05) is 81.2 Å². The zero-order chi connectivity index (χ0) is 25.8. The Balaban J connectivity index is 0.000000191. The molecule has 0 radical (unpaired) electrons. The van der Waals surface area contributed by atoms with Gasteiger partial charge in [-0.3, -0.25) is 9.59 Å². The quantitative estimate of drug-likeness (QED) is 0.505. The van der Waals surface area contributed by atoms with Crippen molar-refractivity contribution in [3.05, 3.63) is 65.5 Å². The molecule has 0 fully saturated rings. The Bertz CT molecular complexity index is 1270. The van der Waals surface area contributed by atoms with Gasteiger partial charge < -0.3 is 18.3 Å². The number of pyridine rings is 2. The Labute approximate surface area is 206 Å². The molecule has 2 aromatic heterocycles. The molecule has 2 aromatic rings. The van der Waals surface area contributed by atoms with Gasteiger partial charge in [0.05, 0.1) is 16.8 Å². The van der Waals surface area contributed by atoms with Crippen LogP contribution in [0, 0.1) is 27.7 Å². The Kier molecular flexibility index (Phi) is 6.86. The normalized spacial score (nSPS) is 15.1. The highest BCUT2D eigenvalue weighted by molar-refractivity contribution is 7.97. The molecule has 0 bridgehead atoms. The highest BCUT2D eigenvalue weighted by Crippen LogP contribution is 2.38. The van der Waals surface area contributed by atoms with E-state index in [9.17, 15) is 9.59 Å². The molecule has 0 saturated heterocycles. The van der Waals surface area contributed by atoms with Gasteiger partial charge in [0.2, 0.25) is 5.88 Å². The smallest absolute Gasteiger partial charge is 0.238 e. The third-order valence-electron chi connectivity index (χ3n) is 7.49. The fourth-order valence-electron chi connectivity index (χ4n) is 4.15. The summed E-state index contributed by atoms with van der Waals surface area (Å²) in [6.45, 7) is 15.7. The molecule has 0 unspecified atom stereocenters. The van der Waals surface area contributed by atoms with E-state index < -0.39 is 0 Å². The minimum Gasteiger partial charge on any atom is -0.361 e. The zero-order valence-corrected chi connectivity index (χ0v) is 23.2. The number of nitrogens with zero attached hydrogens (tertiary/aromatic N) is 4. The summed E-state index contributed by atoms with van der Waals surface area (Å²) in [7, 11) is 7.82. The van der Waals surface area contributed by atoms with Gasteiger partial charge in [-0.25, -0.2) is 5.06 Å². The van der Waals surface area contributed by atoms with Gasteiger partial charge in [-0.15, -0.1) is 0 Å². The maximum absolute atomic E-state index is 12.4. The number of hydrogen-bond donors (Lipinski definition) is 0. The second kappa shape index (κ2) is 9.06. The predicted octanol–water partition coefficient (Wildman–Crippen LogP) is 4.70. The number of allylic oxidation sites excluding steroid dienone is 4. The van der Waals surface area contributed by atoms with Crippen molar-refractivity contribution in [2.75, 3.05) is 14.1 Å². The van der Waals surface area contributed by atoms with E-state index in [4.69, 9.17) is 4.84 Å². The van der Waals surface area contributed by atoms with Crippen molar-refractivity contribution in [3.8, 4) is 5.88 Å². The first-order chi connectivity index (χ1) is 15.7. The SMILES string of the molecule is CC1=C(C)N(C)Oc2c1c(=O)c(C)c(C)n2C.CC1=C(C)N(C)Sc2c1c(=O)c(C)c(C)n2C. The first kappa shape index (κ1) is 25.7. The first-order valence-corrected chi connectivity index (χ1v) is 12.1. The van der Waals surface area contributed by atoms with Crippen molar-refractivity contribution in [1.29, 1.82) is 0 Å². The van der Waals surface area contributed by atoms with E-state index in [2.05, 4.69) is 15.8 Å². The zero-order valence-electron chi connectivity index (χ0n) is 22.4. The molecule has 7 nitrogen and oxygen atoms in total. The number of aromatic nitrogens is 2. The Morgan fingerprint density at radius 2 is 1.12 bits per heavy atom. The average molecular weight is 485 g/mol. The molecule has 0 aromatic carbocycles. The van der Waals surface area contributed by atoms with Crippen LogP contribution < -0.4 is 15.7 Å². The van der Waals surface area contributed by atoms with Crippen LogP contribution in [0.1, 0.15) is 61.3 Å². The molecule has 2 aliphatic heterocycles. The molecule has 0 atom stereocenters. The summed E-state index contributed by atoms with van der Waals surface area (Å²) in [5, 5.41) is 2.75. The van der Waals surface area contributed by atoms with E-state index in [0.29, 0.717) is 11.4 Å². The lowest BCUT2D eigenvalue weighted by molar-refractivity contribution is -0.00737. The van der Waals surface area contributed by atoms with E-state index in [0.717, 1.165) is 55.6 Å². The van der Waals surface area contributed by atoms with Gasteiger partial charge in [0.1, 0.15) is 5.03 Å². The van der Waals surface area contributed by atoms with Gasteiger partial charge in [-0.1, -0.05) is 0 Å². The van der Waals surface area contributed by atoms with Crippen LogP contribution in [0.3, 0.4) is 0 Å². The van der Waals surface area contributed by atoms with Gasteiger partial charge in [-0.2, -0.15) is 0 Å². The summed E-state index contributed by atoms with van der Waals surface area (Å²) in [4.78, 5) is 30.4. The lowest BCUT2D eigenvalue weighted by Gasteiger charge is -2.30. The molecule has 34 heavy (non-hydrogen) atoms. The van der Waals surface area contributed by atoms with Crippen LogP contribution in [0.4, 0.5) is 0 Å². The molecule has 8 heteroatoms. The first-order valence-electron chi connectivity index (χ1n) is 11.3. The summed E-state index contributed by atoms with van der Waals surface area (Å²) in [5.74, 6) is 0.628. The van der Waals surface area contributed by atoms with E-state index >= 15 is 0 Å². The van der Waals surface area contributed by atoms with Crippen LogP contribution in [0.15, 0.2) is 26.0 Å². The molecular formula is C26H36N4O3S. The van der Waals surface area contributed by atoms with Gasteiger partial charge in [0, 0.05) is 68.4 Å². The van der Waals surface area contributed by atoms with Gasteiger partial charge in [0.25, 0.3) is 0 Å². The average Bonchev–Trinajstić information content (AvgIpc) is 2.80. The van der Waals surface area contributed by atoms with Crippen LogP contribution in [-0.4, -0.2) is 32.6 Å². The molecule has 0 amide bonds. The molecular weight excluding hydrogens is 448 g/mol. The molecule has 0 N–H and O–H groups in total. The Morgan fingerprint density at radius 3 is 1.68 bits per heavy atom. The van der Waals surface area contributed by atoms with Crippen molar-refractivity contribution < 1.29 is 4.84 Å². The standard InChI is InChI=1S/C13H18N2O2.C13H18N2OS/c2*1-7-10(4)15(6)17-13-11(7)12(16)8(2)9(3)14(13)5/h2*1-6H3. The lowest BCUT2D eigenvalue weighted by atomic mass is 10.0. The van der Waals surface area contributed by atoms with Crippen molar-refractivity contribution in [3.63, 3.8) is 0 Å². The minimum atomic E-state index is 0.0700. The van der Waals surface area contributed by atoms with E-state index in [1.165, 1.54) is 0 Å². The van der Waals surface area contributed by atoms with Crippen LogP contribution in [-0.2, 0) is 14.1 Å². The van der Waals surface area contributed by atoms with Crippen molar-refractivity contribution in [2.24, 2.45) is 14.1 Å². The molecule has 4 rings (SSSR count). The minimum absolute atomic E-state index is 0.0700. The number of hydrogen-bond acceptors (Lipinski definition) is 6. The third-order valence-corrected chi connectivity index (χ3v) is 8.69. The Morgan fingerprint density at radius 1 is 0.647 bits per heavy atom. The highest BCUT2D eigenvalue weighted by atomic mass is 32.2. The fourth-order valence-corrected chi connectivity index (χ4v) is 5.28. The second-order valence-corrected chi connectivity index (χ2v) is 10.3. The molecule has 4 heterocycles. The molecule has 0 spiro atoms. The third kappa shape index (κ3) is 3.87. The molecule has 184 valence electrons.